The Labute approximate surface area is 81.4 Å². The van der Waals surface area contributed by atoms with E-state index < -0.39 is 0 Å². The van der Waals surface area contributed by atoms with Crippen LogP contribution in [0.4, 0.5) is 0 Å². The van der Waals surface area contributed by atoms with E-state index in [1.54, 1.807) is 6.07 Å². The number of phenolic OH excluding ortho intramolecular Hbond substituents is 1. The van der Waals surface area contributed by atoms with E-state index in [9.17, 15) is 5.11 Å². The van der Waals surface area contributed by atoms with Crippen LogP contribution in [0.25, 0.3) is 10.8 Å². The lowest BCUT2D eigenvalue weighted by atomic mass is 10.1. The van der Waals surface area contributed by atoms with E-state index in [0.717, 1.165) is 10.8 Å². The molecule has 2 aromatic rings. The Morgan fingerprint density at radius 1 is 1.07 bits per heavy atom. The van der Waals surface area contributed by atoms with Gasteiger partial charge in [0.1, 0.15) is 0 Å². The first-order valence-corrected chi connectivity index (χ1v) is 4.24. The number of rotatable bonds is 2. The zero-order valence-corrected chi connectivity index (χ0v) is 7.73. The molecule has 72 valence electrons. The van der Waals surface area contributed by atoms with E-state index in [1.165, 1.54) is 7.11 Å². The highest BCUT2D eigenvalue weighted by Gasteiger charge is 2.07. The first kappa shape index (κ1) is 8.84. The maximum absolute atomic E-state index is 9.53. The molecule has 0 bridgehead atoms. The minimum absolute atomic E-state index is 0.0746. The second-order valence-electron chi connectivity index (χ2n) is 2.88. The molecule has 0 aliphatic heterocycles. The molecule has 3 heteroatoms. The van der Waals surface area contributed by atoms with Crippen LogP contribution in [0.15, 0.2) is 36.4 Å². The fourth-order valence-corrected chi connectivity index (χ4v) is 1.40. The summed E-state index contributed by atoms with van der Waals surface area (Å²) in [5, 5.41) is 11.4. The number of hydrogen-bond donors (Lipinski definition) is 1. The Hall–Kier alpha value is -1.74. The van der Waals surface area contributed by atoms with Gasteiger partial charge in [-0.1, -0.05) is 30.3 Å². The van der Waals surface area contributed by atoms with E-state index in [4.69, 9.17) is 4.89 Å². The lowest BCUT2D eigenvalue weighted by Gasteiger charge is -2.06. The highest BCUT2D eigenvalue weighted by atomic mass is 17.2. The summed E-state index contributed by atoms with van der Waals surface area (Å²) in [5.41, 5.74) is 0. The monoisotopic (exact) mass is 190 g/mol. The smallest absolute Gasteiger partial charge is 0.214 e. The summed E-state index contributed by atoms with van der Waals surface area (Å²) >= 11 is 0. The Bertz CT molecular complexity index is 451. The second kappa shape index (κ2) is 3.55. The molecule has 0 amide bonds. The minimum Gasteiger partial charge on any atom is -0.504 e. The third kappa shape index (κ3) is 1.38. The van der Waals surface area contributed by atoms with Gasteiger partial charge in [0.25, 0.3) is 0 Å². The van der Waals surface area contributed by atoms with Gasteiger partial charge in [0, 0.05) is 5.39 Å². The highest BCUT2D eigenvalue weighted by Crippen LogP contribution is 2.34. The third-order valence-corrected chi connectivity index (χ3v) is 2.03. The first-order valence-electron chi connectivity index (χ1n) is 4.24. The van der Waals surface area contributed by atoms with E-state index in [2.05, 4.69) is 4.89 Å². The molecular weight excluding hydrogens is 180 g/mol. The van der Waals surface area contributed by atoms with Crippen molar-refractivity contribution in [1.82, 2.24) is 0 Å². The van der Waals surface area contributed by atoms with Crippen molar-refractivity contribution in [2.45, 2.75) is 0 Å². The number of fused-ring (bicyclic) bond motifs is 1. The van der Waals surface area contributed by atoms with Crippen LogP contribution in [0.2, 0.25) is 0 Å². The maximum Gasteiger partial charge on any atom is 0.214 e. The van der Waals surface area contributed by atoms with Crippen LogP contribution in [-0.2, 0) is 4.89 Å². The molecule has 0 saturated heterocycles. The molecule has 1 N–H and O–H groups in total. The van der Waals surface area contributed by atoms with Gasteiger partial charge in [-0.15, -0.1) is 0 Å². The van der Waals surface area contributed by atoms with Gasteiger partial charge in [-0.3, -0.25) is 0 Å². The van der Waals surface area contributed by atoms with Crippen molar-refractivity contribution in [3.05, 3.63) is 36.4 Å². The standard InChI is InChI=1S/C11H10O3/c1-13-14-11-9-5-3-2-4-8(9)6-7-10(11)12/h2-7,12H,1H3. The molecule has 0 radical (unpaired) electrons. The summed E-state index contributed by atoms with van der Waals surface area (Å²) < 4.78 is 0. The number of hydrogen-bond acceptors (Lipinski definition) is 3. The van der Waals surface area contributed by atoms with Crippen molar-refractivity contribution < 1.29 is 14.9 Å². The molecule has 0 spiro atoms. The Morgan fingerprint density at radius 3 is 2.64 bits per heavy atom. The number of aromatic hydroxyl groups is 1. The maximum atomic E-state index is 9.53. The van der Waals surface area contributed by atoms with E-state index in [1.807, 2.05) is 30.3 Å². The molecule has 0 saturated carbocycles. The second-order valence-corrected chi connectivity index (χ2v) is 2.88. The predicted octanol–water partition coefficient (Wildman–Crippen LogP) is 2.49. The van der Waals surface area contributed by atoms with Crippen molar-refractivity contribution in [3.8, 4) is 11.5 Å². The van der Waals surface area contributed by atoms with Crippen LogP contribution in [0.5, 0.6) is 11.5 Å². The first-order chi connectivity index (χ1) is 6.83. The molecule has 3 nitrogen and oxygen atoms in total. The van der Waals surface area contributed by atoms with Crippen LogP contribution in [0.1, 0.15) is 0 Å². The molecule has 0 heterocycles. The molecule has 0 atom stereocenters. The molecule has 0 aromatic heterocycles. The van der Waals surface area contributed by atoms with Gasteiger partial charge in [-0.2, -0.15) is 4.89 Å². The van der Waals surface area contributed by atoms with Crippen LogP contribution >= 0.6 is 0 Å². The van der Waals surface area contributed by atoms with Crippen LogP contribution in [0, 0.1) is 0 Å². The average Bonchev–Trinajstić information content (AvgIpc) is 2.23. The molecule has 0 aliphatic rings. The van der Waals surface area contributed by atoms with E-state index in [0.29, 0.717) is 5.75 Å². The Balaban J connectivity index is 2.69. The average molecular weight is 190 g/mol. The minimum atomic E-state index is 0.0746. The fraction of sp³-hybridized carbons (Fsp3) is 0.0909. The SMILES string of the molecule is COOc1c(O)ccc2ccccc12. The normalized spacial score (nSPS) is 10.4. The van der Waals surface area contributed by atoms with Gasteiger partial charge in [-0.05, 0) is 11.5 Å². The van der Waals surface area contributed by atoms with Gasteiger partial charge >= 0.3 is 0 Å². The van der Waals surface area contributed by atoms with Gasteiger partial charge in [-0.25, -0.2) is 0 Å². The quantitative estimate of drug-likeness (QED) is 0.584. The largest absolute Gasteiger partial charge is 0.504 e. The number of phenols is 1. The van der Waals surface area contributed by atoms with Crippen molar-refractivity contribution >= 4 is 10.8 Å². The molecule has 14 heavy (non-hydrogen) atoms. The topological polar surface area (TPSA) is 38.7 Å². The Morgan fingerprint density at radius 2 is 1.86 bits per heavy atom. The molecular formula is C11H10O3. The molecule has 2 rings (SSSR count). The fourth-order valence-electron chi connectivity index (χ4n) is 1.40. The molecule has 0 unspecified atom stereocenters. The van der Waals surface area contributed by atoms with Crippen molar-refractivity contribution in [1.29, 1.82) is 0 Å². The summed E-state index contributed by atoms with van der Waals surface area (Å²) in [4.78, 5) is 9.46. The summed E-state index contributed by atoms with van der Waals surface area (Å²) in [7, 11) is 1.40. The van der Waals surface area contributed by atoms with Gasteiger partial charge < -0.3 is 9.99 Å². The van der Waals surface area contributed by atoms with E-state index >= 15 is 0 Å². The van der Waals surface area contributed by atoms with Crippen LogP contribution < -0.4 is 4.89 Å². The molecule has 0 fully saturated rings. The van der Waals surface area contributed by atoms with Gasteiger partial charge in [0.2, 0.25) is 5.75 Å². The van der Waals surface area contributed by atoms with Crippen molar-refractivity contribution in [3.63, 3.8) is 0 Å². The molecule has 0 aliphatic carbocycles. The highest BCUT2D eigenvalue weighted by molar-refractivity contribution is 5.90. The zero-order valence-electron chi connectivity index (χ0n) is 7.73. The number of benzene rings is 2. The summed E-state index contributed by atoms with van der Waals surface area (Å²) in [6, 6.07) is 11.0. The van der Waals surface area contributed by atoms with Crippen molar-refractivity contribution in [2.24, 2.45) is 0 Å². The summed E-state index contributed by atoms with van der Waals surface area (Å²) in [6.45, 7) is 0. The Kier molecular flexibility index (Phi) is 2.24. The van der Waals surface area contributed by atoms with Gasteiger partial charge in [0.15, 0.2) is 5.75 Å². The molecule has 2 aromatic carbocycles. The van der Waals surface area contributed by atoms with Crippen molar-refractivity contribution in [2.75, 3.05) is 7.11 Å². The van der Waals surface area contributed by atoms with Gasteiger partial charge in [0.05, 0.1) is 7.11 Å². The lowest BCUT2D eigenvalue weighted by molar-refractivity contribution is -0.177. The van der Waals surface area contributed by atoms with Crippen LogP contribution in [0.3, 0.4) is 0 Å². The van der Waals surface area contributed by atoms with Crippen LogP contribution in [-0.4, -0.2) is 12.2 Å². The van der Waals surface area contributed by atoms with E-state index in [-0.39, 0.29) is 5.75 Å². The predicted molar refractivity (Wildman–Crippen MR) is 53.2 cm³/mol. The third-order valence-electron chi connectivity index (χ3n) is 2.03. The zero-order chi connectivity index (χ0) is 9.97. The lowest BCUT2D eigenvalue weighted by Crippen LogP contribution is -1.91. The summed E-state index contributed by atoms with van der Waals surface area (Å²) in [6.07, 6.45) is 0. The summed E-state index contributed by atoms with van der Waals surface area (Å²) in [5.74, 6) is 0.427.